The van der Waals surface area contributed by atoms with E-state index in [1.54, 1.807) is 12.1 Å². The molecular formula is C11H15F2N. The summed E-state index contributed by atoms with van der Waals surface area (Å²) >= 11 is 0. The summed E-state index contributed by atoms with van der Waals surface area (Å²) in [5, 5.41) is 2.79. The van der Waals surface area contributed by atoms with Crippen LogP contribution in [0, 0.1) is 6.92 Å². The van der Waals surface area contributed by atoms with Crippen molar-refractivity contribution in [2.45, 2.75) is 26.3 Å². The van der Waals surface area contributed by atoms with Crippen LogP contribution in [0.5, 0.6) is 0 Å². The molecule has 0 aromatic heterocycles. The van der Waals surface area contributed by atoms with Gasteiger partial charge >= 0.3 is 0 Å². The Morgan fingerprint density at radius 3 is 2.43 bits per heavy atom. The minimum atomic E-state index is -2.36. The first kappa shape index (κ1) is 11.1. The number of benzene rings is 1. The fraction of sp³-hybridized carbons (Fsp3) is 0.455. The average molecular weight is 199 g/mol. The minimum absolute atomic E-state index is 0.545. The van der Waals surface area contributed by atoms with Gasteiger partial charge in [-0.2, -0.15) is 0 Å². The second-order valence-corrected chi connectivity index (χ2v) is 3.23. The predicted molar refractivity (Wildman–Crippen MR) is 53.6 cm³/mol. The van der Waals surface area contributed by atoms with Crippen LogP contribution in [0.15, 0.2) is 24.3 Å². The van der Waals surface area contributed by atoms with Crippen LogP contribution in [-0.2, 0) is 0 Å². The van der Waals surface area contributed by atoms with E-state index in [1.807, 2.05) is 26.0 Å². The van der Waals surface area contributed by atoms with E-state index in [4.69, 9.17) is 0 Å². The smallest absolute Gasteiger partial charge is 0.257 e. The molecule has 1 unspecified atom stereocenters. The molecule has 0 aliphatic carbocycles. The van der Waals surface area contributed by atoms with Gasteiger partial charge in [-0.25, -0.2) is 8.78 Å². The van der Waals surface area contributed by atoms with Crippen molar-refractivity contribution in [3.05, 3.63) is 35.4 Å². The summed E-state index contributed by atoms with van der Waals surface area (Å²) in [7, 11) is 0. The fourth-order valence-electron chi connectivity index (χ4n) is 1.49. The van der Waals surface area contributed by atoms with Gasteiger partial charge in [0, 0.05) is 0 Å². The summed E-state index contributed by atoms with van der Waals surface area (Å²) in [5.74, 6) is 0. The van der Waals surface area contributed by atoms with Crippen LogP contribution < -0.4 is 5.32 Å². The molecule has 0 spiro atoms. The maximum absolute atomic E-state index is 12.7. The molecule has 1 atom stereocenters. The molecule has 0 saturated carbocycles. The van der Waals surface area contributed by atoms with Gasteiger partial charge in [0.15, 0.2) is 0 Å². The molecule has 0 amide bonds. The highest BCUT2D eigenvalue weighted by atomic mass is 19.3. The van der Waals surface area contributed by atoms with E-state index in [0.29, 0.717) is 12.1 Å². The summed E-state index contributed by atoms with van der Waals surface area (Å²) < 4.78 is 25.4. The van der Waals surface area contributed by atoms with Gasteiger partial charge in [0.05, 0.1) is 6.04 Å². The van der Waals surface area contributed by atoms with Crippen molar-refractivity contribution < 1.29 is 8.78 Å². The number of alkyl halides is 2. The van der Waals surface area contributed by atoms with Crippen molar-refractivity contribution >= 4 is 0 Å². The van der Waals surface area contributed by atoms with E-state index in [1.165, 1.54) is 0 Å². The third kappa shape index (κ3) is 2.51. The summed E-state index contributed by atoms with van der Waals surface area (Å²) in [6, 6.07) is 6.39. The Morgan fingerprint density at radius 2 is 1.93 bits per heavy atom. The Balaban J connectivity index is 2.93. The lowest BCUT2D eigenvalue weighted by Crippen LogP contribution is -2.27. The highest BCUT2D eigenvalue weighted by Crippen LogP contribution is 2.23. The van der Waals surface area contributed by atoms with Gasteiger partial charge in [0.2, 0.25) is 0 Å². The highest BCUT2D eigenvalue weighted by Gasteiger charge is 2.22. The molecule has 0 saturated heterocycles. The van der Waals surface area contributed by atoms with Crippen molar-refractivity contribution in [3.8, 4) is 0 Å². The van der Waals surface area contributed by atoms with E-state index in [0.717, 1.165) is 5.56 Å². The molecule has 14 heavy (non-hydrogen) atoms. The van der Waals surface area contributed by atoms with Crippen LogP contribution in [0.2, 0.25) is 0 Å². The van der Waals surface area contributed by atoms with Crippen molar-refractivity contribution in [2.75, 3.05) is 6.54 Å². The zero-order chi connectivity index (χ0) is 10.6. The van der Waals surface area contributed by atoms with Gasteiger partial charge in [0.1, 0.15) is 0 Å². The number of rotatable bonds is 4. The summed E-state index contributed by atoms with van der Waals surface area (Å²) in [4.78, 5) is 0. The molecule has 1 N–H and O–H groups in total. The average Bonchev–Trinajstić information content (AvgIpc) is 2.15. The first-order valence-electron chi connectivity index (χ1n) is 4.74. The summed E-state index contributed by atoms with van der Waals surface area (Å²) in [6.45, 7) is 4.22. The zero-order valence-corrected chi connectivity index (χ0v) is 8.43. The highest BCUT2D eigenvalue weighted by molar-refractivity contribution is 5.29. The van der Waals surface area contributed by atoms with Crippen molar-refractivity contribution in [1.82, 2.24) is 5.32 Å². The molecule has 3 heteroatoms. The molecule has 1 aromatic carbocycles. The van der Waals surface area contributed by atoms with Crippen LogP contribution in [0.1, 0.15) is 24.1 Å². The Hall–Kier alpha value is -0.960. The number of hydrogen-bond donors (Lipinski definition) is 1. The quantitative estimate of drug-likeness (QED) is 0.786. The number of hydrogen-bond acceptors (Lipinski definition) is 1. The van der Waals surface area contributed by atoms with Gasteiger partial charge in [-0.15, -0.1) is 0 Å². The van der Waals surface area contributed by atoms with E-state index in [2.05, 4.69) is 5.32 Å². The van der Waals surface area contributed by atoms with Gasteiger partial charge in [-0.3, -0.25) is 0 Å². The molecule has 0 bridgehead atoms. The van der Waals surface area contributed by atoms with E-state index in [-0.39, 0.29) is 0 Å². The minimum Gasteiger partial charge on any atom is -0.305 e. The first-order chi connectivity index (χ1) is 6.66. The lowest BCUT2D eigenvalue weighted by Gasteiger charge is -2.19. The predicted octanol–water partition coefficient (Wildman–Crippen LogP) is 2.91. The zero-order valence-electron chi connectivity index (χ0n) is 8.43. The summed E-state index contributed by atoms with van der Waals surface area (Å²) in [6.07, 6.45) is -2.36. The third-order valence-corrected chi connectivity index (χ3v) is 2.20. The topological polar surface area (TPSA) is 12.0 Å². The lowest BCUT2D eigenvalue weighted by molar-refractivity contribution is 0.0990. The molecule has 0 fully saturated rings. The molecule has 78 valence electrons. The Kier molecular flexibility index (Phi) is 4.01. The van der Waals surface area contributed by atoms with Crippen molar-refractivity contribution in [2.24, 2.45) is 0 Å². The maximum atomic E-state index is 12.7. The SMILES string of the molecule is CCNC(c1ccccc1C)C(F)F. The van der Waals surface area contributed by atoms with Crippen molar-refractivity contribution in [1.29, 1.82) is 0 Å². The van der Waals surface area contributed by atoms with Crippen LogP contribution in [0.4, 0.5) is 8.78 Å². The fourth-order valence-corrected chi connectivity index (χ4v) is 1.49. The monoisotopic (exact) mass is 199 g/mol. The number of nitrogens with one attached hydrogen (secondary N) is 1. The van der Waals surface area contributed by atoms with Gasteiger partial charge in [0.25, 0.3) is 6.43 Å². The Morgan fingerprint density at radius 1 is 1.29 bits per heavy atom. The van der Waals surface area contributed by atoms with Gasteiger partial charge in [-0.05, 0) is 24.6 Å². The third-order valence-electron chi connectivity index (χ3n) is 2.20. The number of halogens is 2. The van der Waals surface area contributed by atoms with Gasteiger partial charge < -0.3 is 5.32 Å². The largest absolute Gasteiger partial charge is 0.305 e. The van der Waals surface area contributed by atoms with E-state index < -0.39 is 12.5 Å². The van der Waals surface area contributed by atoms with Crippen LogP contribution in [0.25, 0.3) is 0 Å². The molecule has 1 nitrogen and oxygen atoms in total. The molecular weight excluding hydrogens is 184 g/mol. The van der Waals surface area contributed by atoms with Crippen molar-refractivity contribution in [3.63, 3.8) is 0 Å². The van der Waals surface area contributed by atoms with Crippen LogP contribution >= 0.6 is 0 Å². The standard InChI is InChI=1S/C11H15F2N/c1-3-14-10(11(12)13)9-7-5-4-6-8(9)2/h4-7,10-11,14H,3H2,1-2H3. The van der Waals surface area contributed by atoms with Crippen LogP contribution in [-0.4, -0.2) is 13.0 Å². The van der Waals surface area contributed by atoms with Crippen LogP contribution in [0.3, 0.4) is 0 Å². The first-order valence-corrected chi connectivity index (χ1v) is 4.74. The van der Waals surface area contributed by atoms with E-state index >= 15 is 0 Å². The lowest BCUT2D eigenvalue weighted by atomic mass is 10.0. The van der Waals surface area contributed by atoms with Gasteiger partial charge in [-0.1, -0.05) is 31.2 Å². The maximum Gasteiger partial charge on any atom is 0.257 e. The summed E-state index contributed by atoms with van der Waals surface area (Å²) in [5.41, 5.74) is 1.59. The molecule has 0 radical (unpaired) electrons. The number of aryl methyl sites for hydroxylation is 1. The Bertz CT molecular complexity index is 286. The second-order valence-electron chi connectivity index (χ2n) is 3.23. The second kappa shape index (κ2) is 5.05. The molecule has 1 aromatic rings. The molecule has 1 rings (SSSR count). The molecule has 0 heterocycles. The van der Waals surface area contributed by atoms with E-state index in [9.17, 15) is 8.78 Å². The Labute approximate surface area is 83.1 Å². The molecule has 0 aliphatic heterocycles. The normalized spacial score (nSPS) is 13.2. The molecule has 0 aliphatic rings.